The Hall–Kier alpha value is -1.39. The fraction of sp³-hybridized carbons (Fsp3) is 0.357. The zero-order valence-electron chi connectivity index (χ0n) is 11.1. The molecule has 0 saturated carbocycles. The fourth-order valence-electron chi connectivity index (χ4n) is 1.93. The van der Waals surface area contributed by atoms with E-state index in [1.54, 1.807) is 11.3 Å². The first-order valence-electron chi connectivity index (χ1n) is 5.99. The molecule has 0 atom stereocenters. The maximum Gasteiger partial charge on any atom is 0.0798 e. The molecule has 1 aromatic carbocycles. The zero-order chi connectivity index (χ0) is 13.1. The summed E-state index contributed by atoms with van der Waals surface area (Å²) >= 11 is 1.72. The van der Waals surface area contributed by atoms with Crippen molar-refractivity contribution in [2.75, 3.05) is 12.8 Å². The summed E-state index contributed by atoms with van der Waals surface area (Å²) in [5.74, 6) is 0. The van der Waals surface area contributed by atoms with E-state index in [0.29, 0.717) is 0 Å². The van der Waals surface area contributed by atoms with Crippen LogP contribution in [0, 0.1) is 13.8 Å². The van der Waals surface area contributed by atoms with Gasteiger partial charge >= 0.3 is 0 Å². The number of nitrogen functional groups attached to an aromatic ring is 1. The van der Waals surface area contributed by atoms with Gasteiger partial charge < -0.3 is 5.73 Å². The van der Waals surface area contributed by atoms with Gasteiger partial charge in [-0.1, -0.05) is 12.1 Å². The van der Waals surface area contributed by atoms with E-state index in [1.807, 2.05) is 18.5 Å². The van der Waals surface area contributed by atoms with Gasteiger partial charge in [-0.2, -0.15) is 0 Å². The lowest BCUT2D eigenvalue weighted by Crippen LogP contribution is -2.17. The Balaban J connectivity index is 2.01. The van der Waals surface area contributed by atoms with Crippen molar-refractivity contribution < 1.29 is 0 Å². The minimum atomic E-state index is 0.861. The standard InChI is InChI=1S/C14H19N3S/c1-10-6-12(4-5-13(10)15)7-17(3)8-14-11(2)16-9-18-14/h4-6,9H,7-8,15H2,1-3H3. The van der Waals surface area contributed by atoms with Gasteiger partial charge in [0, 0.05) is 23.7 Å². The smallest absolute Gasteiger partial charge is 0.0798 e. The molecule has 0 bridgehead atoms. The first kappa shape index (κ1) is 13.1. The molecule has 0 spiro atoms. The number of aromatic nitrogens is 1. The Morgan fingerprint density at radius 1 is 1.28 bits per heavy atom. The highest BCUT2D eigenvalue weighted by Gasteiger charge is 2.06. The van der Waals surface area contributed by atoms with Gasteiger partial charge in [0.25, 0.3) is 0 Å². The van der Waals surface area contributed by atoms with Gasteiger partial charge in [-0.3, -0.25) is 4.90 Å². The summed E-state index contributed by atoms with van der Waals surface area (Å²) < 4.78 is 0. The van der Waals surface area contributed by atoms with Crippen molar-refractivity contribution in [3.05, 3.63) is 45.4 Å². The molecule has 3 nitrogen and oxygen atoms in total. The predicted octanol–water partition coefficient (Wildman–Crippen LogP) is 2.97. The molecule has 0 unspecified atom stereocenters. The molecule has 0 radical (unpaired) electrons. The van der Waals surface area contributed by atoms with Crippen LogP contribution in [0.3, 0.4) is 0 Å². The molecular weight excluding hydrogens is 242 g/mol. The number of nitrogens with two attached hydrogens (primary N) is 1. The highest BCUT2D eigenvalue weighted by Crippen LogP contribution is 2.17. The Kier molecular flexibility index (Phi) is 3.99. The molecule has 18 heavy (non-hydrogen) atoms. The molecule has 0 fully saturated rings. The second kappa shape index (κ2) is 5.50. The molecule has 0 amide bonds. The maximum absolute atomic E-state index is 5.83. The number of nitrogens with zero attached hydrogens (tertiary/aromatic N) is 2. The number of hydrogen-bond donors (Lipinski definition) is 1. The molecule has 2 N–H and O–H groups in total. The average molecular weight is 261 g/mol. The molecule has 1 heterocycles. The minimum Gasteiger partial charge on any atom is -0.399 e. The van der Waals surface area contributed by atoms with E-state index >= 15 is 0 Å². The SMILES string of the molecule is Cc1cc(CN(C)Cc2scnc2C)ccc1N. The lowest BCUT2D eigenvalue weighted by atomic mass is 10.1. The van der Waals surface area contributed by atoms with Crippen LogP contribution in [-0.2, 0) is 13.1 Å². The van der Waals surface area contributed by atoms with E-state index in [9.17, 15) is 0 Å². The van der Waals surface area contributed by atoms with E-state index in [1.165, 1.54) is 10.4 Å². The molecule has 2 rings (SSSR count). The van der Waals surface area contributed by atoms with Crippen LogP contribution < -0.4 is 5.73 Å². The van der Waals surface area contributed by atoms with Gasteiger partial charge in [0.1, 0.15) is 0 Å². The molecular formula is C14H19N3S. The molecule has 0 aliphatic carbocycles. The second-order valence-corrected chi connectivity index (χ2v) is 5.66. The number of anilines is 1. The number of hydrogen-bond acceptors (Lipinski definition) is 4. The second-order valence-electron chi connectivity index (χ2n) is 4.72. The van der Waals surface area contributed by atoms with Crippen LogP contribution in [0.1, 0.15) is 21.7 Å². The number of rotatable bonds is 4. The van der Waals surface area contributed by atoms with Gasteiger partial charge in [-0.15, -0.1) is 11.3 Å². The van der Waals surface area contributed by atoms with E-state index < -0.39 is 0 Å². The van der Waals surface area contributed by atoms with E-state index in [0.717, 1.165) is 30.0 Å². The van der Waals surface area contributed by atoms with Gasteiger partial charge in [0.15, 0.2) is 0 Å². The van der Waals surface area contributed by atoms with Crippen molar-refractivity contribution in [3.63, 3.8) is 0 Å². The maximum atomic E-state index is 5.83. The third-order valence-electron chi connectivity index (χ3n) is 3.05. The van der Waals surface area contributed by atoms with Crippen LogP contribution in [0.25, 0.3) is 0 Å². The molecule has 0 saturated heterocycles. The largest absolute Gasteiger partial charge is 0.399 e. The fourth-order valence-corrected chi connectivity index (χ4v) is 2.78. The highest BCUT2D eigenvalue weighted by molar-refractivity contribution is 7.09. The summed E-state index contributed by atoms with van der Waals surface area (Å²) in [5, 5.41) is 0. The Bertz CT molecular complexity index is 534. The van der Waals surface area contributed by atoms with Gasteiger partial charge in [-0.25, -0.2) is 4.98 Å². The monoisotopic (exact) mass is 261 g/mol. The third-order valence-corrected chi connectivity index (χ3v) is 3.96. The van der Waals surface area contributed by atoms with Crippen LogP contribution in [-0.4, -0.2) is 16.9 Å². The number of benzene rings is 1. The van der Waals surface area contributed by atoms with E-state index in [2.05, 4.69) is 36.0 Å². The normalized spacial score (nSPS) is 11.1. The quantitative estimate of drug-likeness (QED) is 0.860. The van der Waals surface area contributed by atoms with Crippen molar-refractivity contribution in [2.45, 2.75) is 26.9 Å². The zero-order valence-corrected chi connectivity index (χ0v) is 11.9. The summed E-state index contributed by atoms with van der Waals surface area (Å²) in [6.07, 6.45) is 0. The van der Waals surface area contributed by atoms with Gasteiger partial charge in [0.2, 0.25) is 0 Å². The van der Waals surface area contributed by atoms with Crippen molar-refractivity contribution in [1.82, 2.24) is 9.88 Å². The lowest BCUT2D eigenvalue weighted by Gasteiger charge is -2.16. The molecule has 96 valence electrons. The topological polar surface area (TPSA) is 42.2 Å². The Labute approximate surface area is 112 Å². The summed E-state index contributed by atoms with van der Waals surface area (Å²) in [6, 6.07) is 6.24. The predicted molar refractivity (Wildman–Crippen MR) is 77.6 cm³/mol. The number of thiazole rings is 1. The van der Waals surface area contributed by atoms with Crippen LogP contribution in [0.4, 0.5) is 5.69 Å². The van der Waals surface area contributed by atoms with E-state index in [-0.39, 0.29) is 0 Å². The van der Waals surface area contributed by atoms with Crippen LogP contribution in [0.5, 0.6) is 0 Å². The summed E-state index contributed by atoms with van der Waals surface area (Å²) in [7, 11) is 2.13. The Morgan fingerprint density at radius 2 is 2.06 bits per heavy atom. The first-order chi connectivity index (χ1) is 8.56. The highest BCUT2D eigenvalue weighted by atomic mass is 32.1. The molecule has 0 aliphatic rings. The summed E-state index contributed by atoms with van der Waals surface area (Å²) in [4.78, 5) is 7.91. The Morgan fingerprint density at radius 3 is 2.67 bits per heavy atom. The van der Waals surface area contributed by atoms with Crippen molar-refractivity contribution in [3.8, 4) is 0 Å². The molecule has 0 aliphatic heterocycles. The van der Waals surface area contributed by atoms with Crippen molar-refractivity contribution in [2.24, 2.45) is 0 Å². The van der Waals surface area contributed by atoms with Crippen molar-refractivity contribution in [1.29, 1.82) is 0 Å². The summed E-state index contributed by atoms with van der Waals surface area (Å²) in [6.45, 7) is 5.98. The van der Waals surface area contributed by atoms with Crippen LogP contribution in [0.2, 0.25) is 0 Å². The van der Waals surface area contributed by atoms with Crippen LogP contribution in [0.15, 0.2) is 23.7 Å². The van der Waals surface area contributed by atoms with Crippen LogP contribution >= 0.6 is 11.3 Å². The van der Waals surface area contributed by atoms with Crippen molar-refractivity contribution >= 4 is 17.0 Å². The van der Waals surface area contributed by atoms with Gasteiger partial charge in [-0.05, 0) is 38.1 Å². The average Bonchev–Trinajstić information content (AvgIpc) is 2.70. The lowest BCUT2D eigenvalue weighted by molar-refractivity contribution is 0.321. The third kappa shape index (κ3) is 3.09. The first-order valence-corrected chi connectivity index (χ1v) is 6.86. The molecule has 1 aromatic heterocycles. The number of aryl methyl sites for hydroxylation is 2. The molecule has 4 heteroatoms. The summed E-state index contributed by atoms with van der Waals surface area (Å²) in [5.41, 5.74) is 12.2. The van der Waals surface area contributed by atoms with Gasteiger partial charge in [0.05, 0.1) is 11.2 Å². The molecule has 2 aromatic rings. The van der Waals surface area contributed by atoms with E-state index in [4.69, 9.17) is 5.73 Å². The minimum absolute atomic E-state index is 0.861.